The number of halogens is 3. The normalized spacial score (nSPS) is 10.7. The van der Waals surface area contributed by atoms with Crippen molar-refractivity contribution in [2.24, 2.45) is 0 Å². The van der Waals surface area contributed by atoms with Crippen LogP contribution in [0, 0.1) is 5.82 Å². The molecule has 0 unspecified atom stereocenters. The van der Waals surface area contributed by atoms with Crippen LogP contribution in [0.5, 0.6) is 0 Å². The third kappa shape index (κ3) is 3.02. The van der Waals surface area contributed by atoms with E-state index in [9.17, 15) is 4.39 Å². The molecule has 0 saturated heterocycles. The molecule has 0 fully saturated rings. The first kappa shape index (κ1) is 13.8. The summed E-state index contributed by atoms with van der Waals surface area (Å²) in [6, 6.07) is 3.62. The molecule has 2 rings (SSSR count). The van der Waals surface area contributed by atoms with Gasteiger partial charge in [0.15, 0.2) is 11.6 Å². The molecule has 0 bridgehead atoms. The Labute approximate surface area is 123 Å². The lowest BCUT2D eigenvalue weighted by molar-refractivity contribution is 0.604. The van der Waals surface area contributed by atoms with Crippen molar-refractivity contribution in [3.05, 3.63) is 44.4 Å². The molecule has 6 heteroatoms. The monoisotopic (exact) mass is 348 g/mol. The van der Waals surface area contributed by atoms with Gasteiger partial charge in [0.1, 0.15) is 0 Å². The van der Waals surface area contributed by atoms with Crippen LogP contribution in [0.4, 0.5) is 10.2 Å². The topological polar surface area (TPSA) is 16.1 Å². The smallest absolute Gasteiger partial charge is 0.170 e. The second-order valence-electron chi connectivity index (χ2n) is 3.86. The third-order valence-electron chi connectivity index (χ3n) is 2.50. The molecule has 18 heavy (non-hydrogen) atoms. The van der Waals surface area contributed by atoms with Gasteiger partial charge in [0.2, 0.25) is 0 Å². The van der Waals surface area contributed by atoms with Crippen LogP contribution in [0.2, 0.25) is 0 Å². The van der Waals surface area contributed by atoms with E-state index in [0.717, 1.165) is 9.35 Å². The van der Waals surface area contributed by atoms with Gasteiger partial charge in [-0.05, 0) is 39.0 Å². The first-order chi connectivity index (χ1) is 8.61. The van der Waals surface area contributed by atoms with Crippen molar-refractivity contribution >= 4 is 44.7 Å². The van der Waals surface area contributed by atoms with Crippen molar-refractivity contribution < 1.29 is 4.39 Å². The molecule has 0 aromatic carbocycles. The molecule has 2 aromatic heterocycles. The first-order valence-corrected chi connectivity index (χ1v) is 7.46. The zero-order chi connectivity index (χ0) is 13.1. The SMILES string of the molecule is CN(Cc1csc(Br)c1)c1nccc(CCl)c1F. The van der Waals surface area contributed by atoms with E-state index < -0.39 is 0 Å². The van der Waals surface area contributed by atoms with E-state index in [-0.39, 0.29) is 11.7 Å². The van der Waals surface area contributed by atoms with Gasteiger partial charge in [0.25, 0.3) is 0 Å². The van der Waals surface area contributed by atoms with E-state index in [1.807, 2.05) is 18.5 Å². The second kappa shape index (κ2) is 5.99. The Morgan fingerprint density at radius 2 is 2.33 bits per heavy atom. The standard InChI is InChI=1S/C12H11BrClFN2S/c1-17(6-8-4-10(13)18-7-8)12-11(15)9(5-14)2-3-16-12/h2-4,7H,5-6H2,1H3. The quantitative estimate of drug-likeness (QED) is 0.760. The summed E-state index contributed by atoms with van der Waals surface area (Å²) < 4.78 is 15.1. The summed E-state index contributed by atoms with van der Waals surface area (Å²) in [6.07, 6.45) is 1.58. The molecule has 0 atom stereocenters. The van der Waals surface area contributed by atoms with Crippen LogP contribution in [0.3, 0.4) is 0 Å². The molecular weight excluding hydrogens is 339 g/mol. The van der Waals surface area contributed by atoms with E-state index >= 15 is 0 Å². The van der Waals surface area contributed by atoms with Crippen molar-refractivity contribution in [2.75, 3.05) is 11.9 Å². The van der Waals surface area contributed by atoms with Crippen molar-refractivity contribution in [3.8, 4) is 0 Å². The minimum absolute atomic E-state index is 0.152. The maximum Gasteiger partial charge on any atom is 0.170 e. The van der Waals surface area contributed by atoms with Gasteiger partial charge >= 0.3 is 0 Å². The minimum Gasteiger partial charge on any atom is -0.353 e. The van der Waals surface area contributed by atoms with Gasteiger partial charge in [-0.15, -0.1) is 22.9 Å². The zero-order valence-electron chi connectivity index (χ0n) is 9.66. The van der Waals surface area contributed by atoms with Gasteiger partial charge < -0.3 is 4.90 Å². The number of hydrogen-bond donors (Lipinski definition) is 0. The number of rotatable bonds is 4. The van der Waals surface area contributed by atoms with Crippen LogP contribution < -0.4 is 4.90 Å². The summed E-state index contributed by atoms with van der Waals surface area (Å²) in [5.41, 5.74) is 1.59. The number of alkyl halides is 1. The molecule has 0 spiro atoms. The van der Waals surface area contributed by atoms with Crippen LogP contribution >= 0.6 is 38.9 Å². The summed E-state index contributed by atoms with van der Waals surface area (Å²) in [5, 5.41) is 2.03. The highest BCUT2D eigenvalue weighted by Crippen LogP contribution is 2.25. The number of anilines is 1. The Morgan fingerprint density at radius 1 is 1.56 bits per heavy atom. The molecule has 0 radical (unpaired) electrons. The summed E-state index contributed by atoms with van der Waals surface area (Å²) in [6.45, 7) is 0.609. The fraction of sp³-hybridized carbons (Fsp3) is 0.250. The summed E-state index contributed by atoms with van der Waals surface area (Å²) in [4.78, 5) is 5.85. The van der Waals surface area contributed by atoms with E-state index in [1.165, 1.54) is 0 Å². The lowest BCUT2D eigenvalue weighted by Gasteiger charge is -2.18. The van der Waals surface area contributed by atoms with Crippen LogP contribution in [-0.4, -0.2) is 12.0 Å². The van der Waals surface area contributed by atoms with E-state index in [4.69, 9.17) is 11.6 Å². The molecule has 96 valence electrons. The van der Waals surface area contributed by atoms with Gasteiger partial charge in [0, 0.05) is 25.4 Å². The molecule has 2 aromatic rings. The maximum absolute atomic E-state index is 14.0. The Hall–Kier alpha value is -0.650. The molecule has 0 amide bonds. The molecule has 2 heterocycles. The molecule has 0 N–H and O–H groups in total. The van der Waals surface area contributed by atoms with Crippen molar-refractivity contribution in [2.45, 2.75) is 12.4 Å². The van der Waals surface area contributed by atoms with Gasteiger partial charge in [-0.3, -0.25) is 0 Å². The largest absolute Gasteiger partial charge is 0.353 e. The molecule has 0 aliphatic rings. The highest BCUT2D eigenvalue weighted by atomic mass is 79.9. The Morgan fingerprint density at radius 3 is 2.94 bits per heavy atom. The zero-order valence-corrected chi connectivity index (χ0v) is 12.8. The van der Waals surface area contributed by atoms with Gasteiger partial charge in [-0.1, -0.05) is 0 Å². The number of pyridine rings is 1. The fourth-order valence-electron chi connectivity index (χ4n) is 1.62. The average molecular weight is 350 g/mol. The highest BCUT2D eigenvalue weighted by molar-refractivity contribution is 9.11. The maximum atomic E-state index is 14.0. The number of nitrogens with zero attached hydrogens (tertiary/aromatic N) is 2. The second-order valence-corrected chi connectivity index (χ2v) is 6.41. The summed E-state index contributed by atoms with van der Waals surface area (Å²) in [7, 11) is 1.81. The van der Waals surface area contributed by atoms with E-state index in [1.54, 1.807) is 28.5 Å². The highest BCUT2D eigenvalue weighted by Gasteiger charge is 2.13. The van der Waals surface area contributed by atoms with Gasteiger partial charge in [-0.25, -0.2) is 9.37 Å². The third-order valence-corrected chi connectivity index (χ3v) is 4.34. The van der Waals surface area contributed by atoms with Gasteiger partial charge in [0.05, 0.1) is 9.67 Å². The van der Waals surface area contributed by atoms with E-state index in [0.29, 0.717) is 17.9 Å². The fourth-order valence-corrected chi connectivity index (χ4v) is 3.02. The van der Waals surface area contributed by atoms with Gasteiger partial charge in [-0.2, -0.15) is 0 Å². The Balaban J connectivity index is 2.21. The molecule has 0 aliphatic carbocycles. The average Bonchev–Trinajstić information content (AvgIpc) is 2.75. The van der Waals surface area contributed by atoms with E-state index in [2.05, 4.69) is 20.9 Å². The predicted octanol–water partition coefficient (Wildman–Crippen LogP) is 4.42. The Bertz CT molecular complexity index is 547. The number of hydrogen-bond acceptors (Lipinski definition) is 3. The number of aromatic nitrogens is 1. The van der Waals surface area contributed by atoms with Crippen LogP contribution in [0.15, 0.2) is 27.5 Å². The summed E-state index contributed by atoms with van der Waals surface area (Å²) in [5.74, 6) is 0.138. The minimum atomic E-state index is -0.343. The van der Waals surface area contributed by atoms with Crippen LogP contribution in [0.25, 0.3) is 0 Å². The first-order valence-electron chi connectivity index (χ1n) is 5.25. The molecular formula is C12H11BrClFN2S. The van der Waals surface area contributed by atoms with Crippen molar-refractivity contribution in [1.29, 1.82) is 0 Å². The van der Waals surface area contributed by atoms with Crippen LogP contribution in [-0.2, 0) is 12.4 Å². The lowest BCUT2D eigenvalue weighted by Crippen LogP contribution is -2.19. The molecule has 2 nitrogen and oxygen atoms in total. The molecule has 0 saturated carbocycles. The van der Waals surface area contributed by atoms with Crippen LogP contribution in [0.1, 0.15) is 11.1 Å². The van der Waals surface area contributed by atoms with Crippen molar-refractivity contribution in [3.63, 3.8) is 0 Å². The lowest BCUT2D eigenvalue weighted by atomic mass is 10.2. The summed E-state index contributed by atoms with van der Waals surface area (Å²) >= 11 is 10.7. The Kier molecular flexibility index (Phi) is 4.59. The number of thiophene rings is 1. The van der Waals surface area contributed by atoms with Crippen molar-refractivity contribution in [1.82, 2.24) is 4.98 Å². The molecule has 0 aliphatic heterocycles. The predicted molar refractivity (Wildman–Crippen MR) is 77.9 cm³/mol.